The number of nitrogens with zero attached hydrogens (tertiary/aromatic N) is 1. The lowest BCUT2D eigenvalue weighted by Gasteiger charge is -2.16. The normalized spacial score (nSPS) is 11.9. The summed E-state index contributed by atoms with van der Waals surface area (Å²) in [4.78, 5) is 13.8. The number of aromatic nitrogens is 1. The van der Waals surface area contributed by atoms with Crippen LogP contribution in [0.15, 0.2) is 6.07 Å². The minimum Gasteiger partial charge on any atom is -0.481 e. The maximum atomic E-state index is 12.7. The van der Waals surface area contributed by atoms with E-state index in [1.807, 2.05) is 0 Å². The summed E-state index contributed by atoms with van der Waals surface area (Å²) < 4.78 is 63.1. The van der Waals surface area contributed by atoms with Crippen LogP contribution in [0.25, 0.3) is 0 Å². The number of hydrogen-bond acceptors (Lipinski definition) is 2. The molecule has 0 aromatic carbocycles. The van der Waals surface area contributed by atoms with Gasteiger partial charge >= 0.3 is 12.1 Å². The fraction of sp³-hybridized carbons (Fsp3) is 0.333. The maximum Gasteiger partial charge on any atom is 0.418 e. The van der Waals surface area contributed by atoms with Crippen LogP contribution in [0.3, 0.4) is 0 Å². The van der Waals surface area contributed by atoms with Crippen LogP contribution in [0, 0.1) is 3.70 Å². The van der Waals surface area contributed by atoms with Crippen molar-refractivity contribution in [3.8, 4) is 0 Å². The smallest absolute Gasteiger partial charge is 0.418 e. The van der Waals surface area contributed by atoms with Crippen molar-refractivity contribution in [2.45, 2.75) is 19.0 Å². The predicted molar refractivity (Wildman–Crippen MR) is 58.3 cm³/mol. The third-order valence-corrected chi connectivity index (χ3v) is 2.48. The fourth-order valence-corrected chi connectivity index (χ4v) is 1.98. The van der Waals surface area contributed by atoms with Crippen LogP contribution in [0.5, 0.6) is 0 Å². The number of alkyl halides is 5. The Morgan fingerprint density at radius 2 is 2.00 bits per heavy atom. The van der Waals surface area contributed by atoms with E-state index in [2.05, 4.69) is 4.98 Å². The highest BCUT2D eigenvalue weighted by atomic mass is 127. The third-order valence-electron chi connectivity index (χ3n) is 1.93. The van der Waals surface area contributed by atoms with Gasteiger partial charge in [-0.3, -0.25) is 4.79 Å². The van der Waals surface area contributed by atoms with Crippen LogP contribution >= 0.6 is 22.6 Å². The first-order valence-corrected chi connectivity index (χ1v) is 5.47. The number of carbonyl (C=O) groups is 1. The summed E-state index contributed by atoms with van der Waals surface area (Å²) in [6.45, 7) is 0. The number of hydrogen-bond donors (Lipinski definition) is 1. The molecule has 9 heteroatoms. The number of carboxylic acid groups (broad SMARTS) is 1. The Morgan fingerprint density at radius 3 is 2.39 bits per heavy atom. The molecule has 1 rings (SSSR count). The highest BCUT2D eigenvalue weighted by Gasteiger charge is 2.39. The summed E-state index contributed by atoms with van der Waals surface area (Å²) in [5.74, 6) is -1.57. The fourth-order valence-electron chi connectivity index (χ4n) is 1.35. The van der Waals surface area contributed by atoms with Crippen molar-refractivity contribution in [2.75, 3.05) is 0 Å². The molecule has 0 fully saturated rings. The Bertz CT molecular complexity index is 475. The van der Waals surface area contributed by atoms with E-state index in [4.69, 9.17) is 5.11 Å². The second kappa shape index (κ2) is 5.33. The van der Waals surface area contributed by atoms with Gasteiger partial charge in [-0.2, -0.15) is 13.2 Å². The Morgan fingerprint density at radius 1 is 1.44 bits per heavy atom. The summed E-state index contributed by atoms with van der Waals surface area (Å²) in [6, 6.07) is 0.597. The van der Waals surface area contributed by atoms with Crippen molar-refractivity contribution in [3.63, 3.8) is 0 Å². The van der Waals surface area contributed by atoms with Gasteiger partial charge in [-0.05, 0) is 28.7 Å². The van der Waals surface area contributed by atoms with Gasteiger partial charge in [0.1, 0.15) is 3.70 Å². The summed E-state index contributed by atoms with van der Waals surface area (Å²) in [5, 5.41) is 8.48. The van der Waals surface area contributed by atoms with Gasteiger partial charge < -0.3 is 5.11 Å². The van der Waals surface area contributed by atoms with Crippen molar-refractivity contribution in [1.82, 2.24) is 4.98 Å². The summed E-state index contributed by atoms with van der Waals surface area (Å²) in [7, 11) is 0. The maximum absolute atomic E-state index is 12.7. The lowest BCUT2D eigenvalue weighted by atomic mass is 10.0. The Balaban J connectivity index is 3.53. The Hall–Kier alpha value is -1.00. The Labute approximate surface area is 111 Å². The number of carboxylic acids is 1. The van der Waals surface area contributed by atoms with Gasteiger partial charge in [-0.25, -0.2) is 13.8 Å². The van der Waals surface area contributed by atoms with E-state index in [1.165, 1.54) is 22.6 Å². The zero-order valence-electron chi connectivity index (χ0n) is 8.43. The highest BCUT2D eigenvalue weighted by Crippen LogP contribution is 2.38. The van der Waals surface area contributed by atoms with Crippen LogP contribution in [0.2, 0.25) is 0 Å². The summed E-state index contributed by atoms with van der Waals surface area (Å²) >= 11 is 1.45. The van der Waals surface area contributed by atoms with Gasteiger partial charge in [-0.15, -0.1) is 0 Å². The summed E-state index contributed by atoms with van der Waals surface area (Å²) in [5.41, 5.74) is -3.82. The Kier molecular flexibility index (Phi) is 4.46. The molecule has 0 amide bonds. The minimum atomic E-state index is -5.08. The first-order chi connectivity index (χ1) is 8.12. The number of pyridine rings is 1. The monoisotopic (exact) mass is 381 g/mol. The minimum absolute atomic E-state index is 0.118. The van der Waals surface area contributed by atoms with Crippen LogP contribution in [-0.2, 0) is 17.4 Å². The molecule has 0 unspecified atom stereocenters. The largest absolute Gasteiger partial charge is 0.481 e. The SMILES string of the molecule is O=C(O)Cc1nc(I)cc(C(F)F)c1C(F)(F)F. The standard InChI is InChI=1S/C9H5F5INO2/c10-8(11)3-1-5(15)16-4(2-6(17)18)7(3)9(12,13)14/h1,8H,2H2,(H,17,18). The first kappa shape index (κ1) is 15.1. The molecule has 0 aliphatic rings. The van der Waals surface area contributed by atoms with Crippen LogP contribution in [-0.4, -0.2) is 16.1 Å². The van der Waals surface area contributed by atoms with E-state index in [-0.39, 0.29) is 3.70 Å². The van der Waals surface area contributed by atoms with E-state index >= 15 is 0 Å². The van der Waals surface area contributed by atoms with Crippen LogP contribution in [0.4, 0.5) is 22.0 Å². The zero-order chi connectivity index (χ0) is 14.1. The lowest BCUT2D eigenvalue weighted by Crippen LogP contribution is -2.18. The molecule has 1 N–H and O–H groups in total. The van der Waals surface area contributed by atoms with Gasteiger partial charge in [0, 0.05) is 5.56 Å². The molecule has 1 aromatic heterocycles. The van der Waals surface area contributed by atoms with Crippen molar-refractivity contribution in [1.29, 1.82) is 0 Å². The average molecular weight is 381 g/mol. The molecule has 0 bridgehead atoms. The van der Waals surface area contributed by atoms with Crippen molar-refractivity contribution < 1.29 is 31.9 Å². The molecule has 0 saturated heterocycles. The molecule has 0 saturated carbocycles. The van der Waals surface area contributed by atoms with E-state index < -0.39 is 41.8 Å². The number of aliphatic carboxylic acids is 1. The highest BCUT2D eigenvalue weighted by molar-refractivity contribution is 14.1. The molecule has 0 aliphatic heterocycles. The van der Waals surface area contributed by atoms with Gasteiger partial charge in [0.15, 0.2) is 0 Å². The lowest BCUT2D eigenvalue weighted by molar-refractivity contribution is -0.141. The molecule has 1 aromatic rings. The molecule has 18 heavy (non-hydrogen) atoms. The molecule has 100 valence electrons. The van der Waals surface area contributed by atoms with E-state index in [0.717, 1.165) is 0 Å². The molecule has 0 radical (unpaired) electrons. The molecule has 1 heterocycles. The number of rotatable bonds is 3. The predicted octanol–water partition coefficient (Wildman–Crippen LogP) is 3.27. The van der Waals surface area contributed by atoms with Gasteiger partial charge in [-0.1, -0.05) is 0 Å². The first-order valence-electron chi connectivity index (χ1n) is 4.39. The van der Waals surface area contributed by atoms with Crippen LogP contribution in [0.1, 0.15) is 23.2 Å². The summed E-state index contributed by atoms with van der Waals surface area (Å²) in [6.07, 6.45) is -9.50. The molecular weight excluding hydrogens is 376 g/mol. The topological polar surface area (TPSA) is 50.2 Å². The van der Waals surface area contributed by atoms with E-state index in [9.17, 15) is 26.7 Å². The van der Waals surface area contributed by atoms with Crippen molar-refractivity contribution in [2.24, 2.45) is 0 Å². The zero-order valence-corrected chi connectivity index (χ0v) is 10.6. The molecular formula is C9H5F5INO2. The van der Waals surface area contributed by atoms with Crippen LogP contribution < -0.4 is 0 Å². The number of halogens is 6. The van der Waals surface area contributed by atoms with Gasteiger partial charge in [0.2, 0.25) is 0 Å². The van der Waals surface area contributed by atoms with Crippen molar-refractivity contribution >= 4 is 28.6 Å². The van der Waals surface area contributed by atoms with Gasteiger partial charge in [0.05, 0.1) is 17.7 Å². The second-order valence-corrected chi connectivity index (χ2v) is 4.33. The molecule has 0 aliphatic carbocycles. The molecule has 0 atom stereocenters. The average Bonchev–Trinajstić information content (AvgIpc) is 2.12. The second-order valence-electron chi connectivity index (χ2n) is 3.22. The molecule has 3 nitrogen and oxygen atoms in total. The van der Waals surface area contributed by atoms with E-state index in [1.54, 1.807) is 0 Å². The van der Waals surface area contributed by atoms with E-state index in [0.29, 0.717) is 6.07 Å². The van der Waals surface area contributed by atoms with Gasteiger partial charge in [0.25, 0.3) is 6.43 Å². The van der Waals surface area contributed by atoms with Crippen molar-refractivity contribution in [3.05, 3.63) is 26.6 Å². The molecule has 0 spiro atoms. The quantitative estimate of drug-likeness (QED) is 0.497. The third kappa shape index (κ3) is 3.50.